The minimum absolute atomic E-state index is 0.244. The molecule has 0 saturated carbocycles. The van der Waals surface area contributed by atoms with Crippen LogP contribution in [0.25, 0.3) is 0 Å². The number of benzene rings is 1. The van der Waals surface area contributed by atoms with E-state index in [-0.39, 0.29) is 5.69 Å². The summed E-state index contributed by atoms with van der Waals surface area (Å²) < 4.78 is 15.2. The predicted molar refractivity (Wildman–Crippen MR) is 68.4 cm³/mol. The molecule has 100 valence electrons. The fraction of sp³-hybridized carbons (Fsp3) is 0.250. The van der Waals surface area contributed by atoms with Gasteiger partial charge in [-0.2, -0.15) is 9.49 Å². The third-order valence-corrected chi connectivity index (χ3v) is 2.74. The fourth-order valence-electron chi connectivity index (χ4n) is 1.91. The van der Waals surface area contributed by atoms with E-state index in [2.05, 4.69) is 5.10 Å². The van der Waals surface area contributed by atoms with Crippen LogP contribution in [0.5, 0.6) is 0 Å². The smallest absolute Gasteiger partial charge is 0.327 e. The maximum absolute atomic E-state index is 13.5. The van der Waals surface area contributed by atoms with E-state index in [1.54, 1.807) is 29.9 Å². The summed E-state index contributed by atoms with van der Waals surface area (Å²) in [6.07, 6.45) is 3.48. The molecule has 0 unspecified atom stereocenters. The average Bonchev–Trinajstić information content (AvgIpc) is 2.73. The van der Waals surface area contributed by atoms with Gasteiger partial charge < -0.3 is 4.90 Å². The largest absolute Gasteiger partial charge is 0.365 e. The number of nitrogens with zero attached hydrogens (tertiary/aromatic N) is 4. The van der Waals surface area contributed by atoms with Crippen molar-refractivity contribution in [2.45, 2.75) is 6.54 Å². The van der Waals surface area contributed by atoms with Gasteiger partial charge in [-0.1, -0.05) is 6.07 Å². The molecule has 0 aliphatic heterocycles. The van der Waals surface area contributed by atoms with E-state index in [1.165, 1.54) is 12.1 Å². The molecule has 6 nitrogen and oxygen atoms in total. The molecule has 0 atom stereocenters. The Kier molecular flexibility index (Phi) is 3.46. The van der Waals surface area contributed by atoms with Gasteiger partial charge in [0.2, 0.25) is 5.82 Å². The third-order valence-electron chi connectivity index (χ3n) is 2.74. The van der Waals surface area contributed by atoms with Crippen LogP contribution < -0.4 is 4.90 Å². The van der Waals surface area contributed by atoms with Crippen LogP contribution in [0, 0.1) is 15.9 Å². The Labute approximate surface area is 109 Å². The van der Waals surface area contributed by atoms with Crippen LogP contribution in [-0.4, -0.2) is 21.8 Å². The standard InChI is InChI=1S/C12H13FN4O2/c1-15(7-9-6-14-16(2)8-9)11-5-3-4-10(13)12(11)17(18)19/h3-6,8H,7H2,1-2H3. The number of aryl methyl sites for hydroxylation is 1. The summed E-state index contributed by atoms with van der Waals surface area (Å²) in [5.41, 5.74) is 0.631. The molecule has 0 aliphatic carbocycles. The molecule has 0 aliphatic rings. The van der Waals surface area contributed by atoms with Gasteiger partial charge in [-0.05, 0) is 12.1 Å². The quantitative estimate of drug-likeness (QED) is 0.626. The number of nitro groups is 1. The zero-order valence-corrected chi connectivity index (χ0v) is 10.6. The Morgan fingerprint density at radius 1 is 1.53 bits per heavy atom. The molecule has 7 heteroatoms. The van der Waals surface area contributed by atoms with E-state index in [9.17, 15) is 14.5 Å². The van der Waals surface area contributed by atoms with E-state index in [0.717, 1.165) is 11.6 Å². The van der Waals surface area contributed by atoms with Crippen molar-refractivity contribution in [3.8, 4) is 0 Å². The second kappa shape index (κ2) is 5.05. The average molecular weight is 264 g/mol. The van der Waals surface area contributed by atoms with Crippen molar-refractivity contribution in [3.05, 3.63) is 52.1 Å². The number of para-hydroxylation sites is 1. The highest BCUT2D eigenvalue weighted by molar-refractivity contribution is 5.63. The number of halogens is 1. The number of rotatable bonds is 4. The van der Waals surface area contributed by atoms with Crippen LogP contribution in [0.1, 0.15) is 5.56 Å². The zero-order valence-electron chi connectivity index (χ0n) is 10.6. The molecule has 0 bridgehead atoms. The molecule has 0 radical (unpaired) electrons. The molecule has 1 aromatic heterocycles. The first kappa shape index (κ1) is 13.0. The van der Waals surface area contributed by atoms with Crippen molar-refractivity contribution in [1.29, 1.82) is 0 Å². The Balaban J connectivity index is 2.31. The summed E-state index contributed by atoms with van der Waals surface area (Å²) >= 11 is 0. The van der Waals surface area contributed by atoms with Crippen molar-refractivity contribution >= 4 is 11.4 Å². The van der Waals surface area contributed by atoms with Gasteiger partial charge in [-0.25, -0.2) is 0 Å². The van der Waals surface area contributed by atoms with Gasteiger partial charge in [0.25, 0.3) is 0 Å². The summed E-state index contributed by atoms with van der Waals surface area (Å²) in [6.45, 7) is 0.415. The van der Waals surface area contributed by atoms with Crippen LogP contribution in [0.3, 0.4) is 0 Å². The van der Waals surface area contributed by atoms with E-state index in [1.807, 2.05) is 6.20 Å². The number of anilines is 1. The molecule has 0 spiro atoms. The predicted octanol–water partition coefficient (Wildman–Crippen LogP) is 2.10. The van der Waals surface area contributed by atoms with E-state index < -0.39 is 16.4 Å². The highest BCUT2D eigenvalue weighted by Crippen LogP contribution is 2.30. The highest BCUT2D eigenvalue weighted by Gasteiger charge is 2.22. The molecule has 0 amide bonds. The SMILES string of the molecule is CN(Cc1cnn(C)c1)c1cccc(F)c1[N+](=O)[O-]. The highest BCUT2D eigenvalue weighted by atomic mass is 19.1. The lowest BCUT2D eigenvalue weighted by molar-refractivity contribution is -0.386. The summed E-state index contributed by atoms with van der Waals surface area (Å²) in [6, 6.07) is 4.06. The second-order valence-corrected chi connectivity index (χ2v) is 4.24. The molecule has 0 N–H and O–H groups in total. The van der Waals surface area contributed by atoms with Gasteiger partial charge in [0.15, 0.2) is 0 Å². The van der Waals surface area contributed by atoms with Gasteiger partial charge in [-0.15, -0.1) is 0 Å². The van der Waals surface area contributed by atoms with Crippen molar-refractivity contribution in [1.82, 2.24) is 9.78 Å². The van der Waals surface area contributed by atoms with Gasteiger partial charge in [0.05, 0.1) is 11.1 Å². The van der Waals surface area contributed by atoms with E-state index in [0.29, 0.717) is 6.54 Å². The first-order chi connectivity index (χ1) is 8.99. The summed E-state index contributed by atoms with van der Waals surface area (Å²) in [4.78, 5) is 11.8. The molecule has 1 aromatic carbocycles. The lowest BCUT2D eigenvalue weighted by Gasteiger charge is -2.18. The monoisotopic (exact) mass is 264 g/mol. The van der Waals surface area contributed by atoms with Crippen LogP contribution in [0.15, 0.2) is 30.6 Å². The first-order valence-corrected chi connectivity index (χ1v) is 5.60. The maximum atomic E-state index is 13.5. The molecule has 0 fully saturated rings. The van der Waals surface area contributed by atoms with Crippen LogP contribution in [-0.2, 0) is 13.6 Å². The molecule has 1 heterocycles. The van der Waals surface area contributed by atoms with Crippen LogP contribution in [0.4, 0.5) is 15.8 Å². The normalized spacial score (nSPS) is 10.5. The van der Waals surface area contributed by atoms with Gasteiger partial charge in [0.1, 0.15) is 5.69 Å². The molecule has 0 saturated heterocycles. The van der Waals surface area contributed by atoms with Crippen LogP contribution >= 0.6 is 0 Å². The van der Waals surface area contributed by atoms with Gasteiger partial charge >= 0.3 is 5.69 Å². The second-order valence-electron chi connectivity index (χ2n) is 4.24. The zero-order chi connectivity index (χ0) is 14.0. The summed E-state index contributed by atoms with van der Waals surface area (Å²) in [7, 11) is 3.46. The lowest BCUT2D eigenvalue weighted by atomic mass is 10.2. The Hall–Kier alpha value is -2.44. The summed E-state index contributed by atoms with van der Waals surface area (Å²) in [5, 5.41) is 14.9. The Morgan fingerprint density at radius 3 is 2.84 bits per heavy atom. The minimum atomic E-state index is -0.833. The maximum Gasteiger partial charge on any atom is 0.327 e. The number of aromatic nitrogens is 2. The van der Waals surface area contributed by atoms with Crippen molar-refractivity contribution in [2.75, 3.05) is 11.9 Å². The Morgan fingerprint density at radius 2 is 2.26 bits per heavy atom. The number of hydrogen-bond donors (Lipinski definition) is 0. The van der Waals surface area contributed by atoms with E-state index >= 15 is 0 Å². The topological polar surface area (TPSA) is 64.2 Å². The minimum Gasteiger partial charge on any atom is -0.365 e. The first-order valence-electron chi connectivity index (χ1n) is 5.60. The fourth-order valence-corrected chi connectivity index (χ4v) is 1.91. The molecular weight excluding hydrogens is 251 g/mol. The van der Waals surface area contributed by atoms with E-state index in [4.69, 9.17) is 0 Å². The molecule has 2 rings (SSSR count). The van der Waals surface area contributed by atoms with Crippen molar-refractivity contribution in [2.24, 2.45) is 7.05 Å². The number of nitro benzene ring substituents is 1. The lowest BCUT2D eigenvalue weighted by Crippen LogP contribution is -2.17. The molecule has 2 aromatic rings. The van der Waals surface area contributed by atoms with Gasteiger partial charge in [-0.3, -0.25) is 14.8 Å². The van der Waals surface area contributed by atoms with Crippen molar-refractivity contribution < 1.29 is 9.31 Å². The number of hydrogen-bond acceptors (Lipinski definition) is 4. The third kappa shape index (κ3) is 2.70. The summed E-state index contributed by atoms with van der Waals surface area (Å²) in [5.74, 6) is -0.833. The molecular formula is C12H13FN4O2. The Bertz CT molecular complexity index is 612. The van der Waals surface area contributed by atoms with Crippen LogP contribution in [0.2, 0.25) is 0 Å². The van der Waals surface area contributed by atoms with Crippen molar-refractivity contribution in [3.63, 3.8) is 0 Å². The molecule has 19 heavy (non-hydrogen) atoms. The van der Waals surface area contributed by atoms with Gasteiger partial charge in [0, 0.05) is 32.4 Å².